The van der Waals surface area contributed by atoms with E-state index in [0.29, 0.717) is 31.6 Å². The minimum Gasteiger partial charge on any atom is -0.480 e. The van der Waals surface area contributed by atoms with Gasteiger partial charge in [0.2, 0.25) is 0 Å². The molecule has 0 atom stereocenters. The van der Waals surface area contributed by atoms with Gasteiger partial charge in [-0.2, -0.15) is 0 Å². The Morgan fingerprint density at radius 2 is 1.07 bits per heavy atom. The average molecular weight is 501 g/mol. The first-order chi connectivity index (χ1) is 12.2. The van der Waals surface area contributed by atoms with Crippen LogP contribution in [0.1, 0.15) is 0 Å². The molecule has 2 aromatic rings. The van der Waals surface area contributed by atoms with Crippen LogP contribution in [0.3, 0.4) is 0 Å². The Hall–Kier alpha value is -1.37. The zero-order valence-corrected chi connectivity index (χ0v) is 17.2. The van der Waals surface area contributed by atoms with Crippen LogP contribution in [0, 0.1) is 0 Å². The topological polar surface area (TPSA) is 93.1 Å². The third-order valence-electron chi connectivity index (χ3n) is 2.49. The molecule has 2 aromatic carbocycles. The monoisotopic (exact) mass is 498 g/mol. The van der Waals surface area contributed by atoms with Crippen molar-refractivity contribution in [3.8, 4) is 11.5 Å². The second-order valence-electron chi connectivity index (χ2n) is 4.51. The summed E-state index contributed by atoms with van der Waals surface area (Å²) in [6.07, 6.45) is 0. The maximum atomic E-state index is 10.2. The molecule has 27 heavy (non-hydrogen) atoms. The molecule has 0 spiro atoms. The van der Waals surface area contributed by atoms with Gasteiger partial charge in [-0.1, -0.05) is 46.4 Å². The van der Waals surface area contributed by atoms with Crippen molar-refractivity contribution in [2.45, 2.75) is 0 Å². The molecule has 0 aliphatic carbocycles. The van der Waals surface area contributed by atoms with Gasteiger partial charge in [-0.25, -0.2) is 9.59 Å². The van der Waals surface area contributed by atoms with Crippen LogP contribution in [-0.2, 0) is 26.1 Å². The van der Waals surface area contributed by atoms with Gasteiger partial charge in [0.25, 0.3) is 0 Å². The molecule has 0 fully saturated rings. The summed E-state index contributed by atoms with van der Waals surface area (Å²) in [7, 11) is 0. The predicted molar refractivity (Wildman–Crippen MR) is 99.2 cm³/mol. The Morgan fingerprint density at radius 3 is 1.33 bits per heavy atom. The molecule has 0 aliphatic rings. The van der Waals surface area contributed by atoms with Crippen LogP contribution in [0.25, 0.3) is 0 Å². The average Bonchev–Trinajstić information content (AvgIpc) is 2.53. The molecule has 0 aromatic heterocycles. The number of ether oxygens (including phenoxy) is 2. The Balaban J connectivity index is 0.000000483. The molecule has 0 saturated heterocycles. The molecule has 2 N–H and O–H groups in total. The summed E-state index contributed by atoms with van der Waals surface area (Å²) in [5.74, 6) is -1.47. The molecular formula is C16H12Cl4NiO6+2. The molecule has 0 saturated carbocycles. The van der Waals surface area contributed by atoms with Crippen molar-refractivity contribution in [3.05, 3.63) is 56.5 Å². The van der Waals surface area contributed by atoms with E-state index in [9.17, 15) is 9.59 Å². The first-order valence-electron chi connectivity index (χ1n) is 6.78. The number of halogens is 4. The van der Waals surface area contributed by atoms with E-state index in [-0.39, 0.29) is 16.5 Å². The fourth-order valence-electron chi connectivity index (χ4n) is 1.46. The standard InChI is InChI=1S/2C8H6Cl2O3.Ni/c2*9-5-1-2-7(6(10)3-5)13-4-8(11)12;/h2*1-3H,4H2,(H,11,12);/q;;+2. The van der Waals surface area contributed by atoms with E-state index >= 15 is 0 Å². The second kappa shape index (κ2) is 12.9. The van der Waals surface area contributed by atoms with E-state index in [4.69, 9.17) is 66.1 Å². The molecule has 148 valence electrons. The van der Waals surface area contributed by atoms with Gasteiger partial charge >= 0.3 is 28.4 Å². The Bertz CT molecular complexity index is 722. The van der Waals surface area contributed by atoms with E-state index in [0.717, 1.165) is 0 Å². The summed E-state index contributed by atoms with van der Waals surface area (Å²) in [5, 5.41) is 18.2. The molecule has 0 bridgehead atoms. The summed E-state index contributed by atoms with van der Waals surface area (Å²) in [6.45, 7) is -0.831. The largest absolute Gasteiger partial charge is 2.00 e. The number of rotatable bonds is 6. The molecule has 0 radical (unpaired) electrons. The zero-order valence-electron chi connectivity index (χ0n) is 13.2. The number of benzene rings is 2. The van der Waals surface area contributed by atoms with Crippen molar-refractivity contribution in [1.29, 1.82) is 0 Å². The van der Waals surface area contributed by atoms with Crippen LogP contribution in [-0.4, -0.2) is 35.4 Å². The Labute approximate surface area is 184 Å². The Kier molecular flexibility index (Phi) is 12.3. The number of carboxylic acid groups (broad SMARTS) is 2. The first kappa shape index (κ1) is 25.6. The minimum atomic E-state index is -1.05. The van der Waals surface area contributed by atoms with Gasteiger partial charge < -0.3 is 19.7 Å². The smallest absolute Gasteiger partial charge is 0.480 e. The predicted octanol–water partition coefficient (Wildman–Crippen LogP) is 4.91. The molecule has 0 amide bonds. The summed E-state index contributed by atoms with van der Waals surface area (Å²) in [4.78, 5) is 20.3. The maximum absolute atomic E-state index is 10.2. The fourth-order valence-corrected chi connectivity index (χ4v) is 2.39. The van der Waals surface area contributed by atoms with Gasteiger partial charge in [-0.15, -0.1) is 0 Å². The molecule has 0 aliphatic heterocycles. The van der Waals surface area contributed by atoms with Crippen LogP contribution < -0.4 is 9.47 Å². The maximum Gasteiger partial charge on any atom is 2.00 e. The van der Waals surface area contributed by atoms with E-state index < -0.39 is 25.2 Å². The fraction of sp³-hybridized carbons (Fsp3) is 0.125. The number of aliphatic carboxylic acids is 2. The van der Waals surface area contributed by atoms with Gasteiger partial charge in [0.05, 0.1) is 10.0 Å². The number of carbonyl (C=O) groups is 2. The molecule has 11 heteroatoms. The van der Waals surface area contributed by atoms with Gasteiger partial charge in [0.15, 0.2) is 13.2 Å². The Morgan fingerprint density at radius 1 is 0.741 bits per heavy atom. The summed E-state index contributed by atoms with van der Waals surface area (Å²) < 4.78 is 9.73. The van der Waals surface area contributed by atoms with Gasteiger partial charge in [-0.3, -0.25) is 0 Å². The quantitative estimate of drug-likeness (QED) is 0.548. The number of hydrogen-bond acceptors (Lipinski definition) is 4. The van der Waals surface area contributed by atoms with E-state index in [1.807, 2.05) is 0 Å². The van der Waals surface area contributed by atoms with Crippen molar-refractivity contribution in [1.82, 2.24) is 0 Å². The third kappa shape index (κ3) is 10.5. The van der Waals surface area contributed by atoms with Crippen LogP contribution in [0.5, 0.6) is 11.5 Å². The number of carboxylic acids is 2. The van der Waals surface area contributed by atoms with E-state index in [2.05, 4.69) is 0 Å². The summed E-state index contributed by atoms with van der Waals surface area (Å²) in [6, 6.07) is 9.16. The van der Waals surface area contributed by atoms with Crippen LogP contribution in [0.4, 0.5) is 0 Å². The summed E-state index contributed by atoms with van der Waals surface area (Å²) >= 11 is 22.7. The van der Waals surface area contributed by atoms with Crippen molar-refractivity contribution in [2.75, 3.05) is 13.2 Å². The first-order valence-corrected chi connectivity index (χ1v) is 8.29. The molecule has 6 nitrogen and oxygen atoms in total. The third-order valence-corrected chi connectivity index (χ3v) is 3.55. The molecular weight excluding hydrogens is 489 g/mol. The van der Waals surface area contributed by atoms with Gasteiger partial charge in [0.1, 0.15) is 11.5 Å². The minimum absolute atomic E-state index is 0. The number of hydrogen-bond donors (Lipinski definition) is 2. The summed E-state index contributed by atoms with van der Waals surface area (Å²) in [5.41, 5.74) is 0. The van der Waals surface area contributed by atoms with Crippen LogP contribution >= 0.6 is 46.4 Å². The molecule has 0 heterocycles. The molecule has 2 rings (SSSR count). The zero-order chi connectivity index (χ0) is 19.7. The van der Waals surface area contributed by atoms with Crippen molar-refractivity contribution < 1.29 is 45.8 Å². The van der Waals surface area contributed by atoms with Crippen molar-refractivity contribution >= 4 is 58.3 Å². The second-order valence-corrected chi connectivity index (χ2v) is 6.20. The van der Waals surface area contributed by atoms with Crippen molar-refractivity contribution in [2.24, 2.45) is 0 Å². The SMILES string of the molecule is O=C(O)COc1ccc(Cl)cc1Cl.O=C(O)COc1ccc(Cl)cc1Cl.[Ni+2]. The van der Waals surface area contributed by atoms with E-state index in [1.54, 1.807) is 12.1 Å². The van der Waals surface area contributed by atoms with Crippen LogP contribution in [0.15, 0.2) is 36.4 Å². The van der Waals surface area contributed by atoms with Crippen molar-refractivity contribution in [3.63, 3.8) is 0 Å². The normalized spacial score (nSPS) is 9.33. The van der Waals surface area contributed by atoms with Gasteiger partial charge in [-0.05, 0) is 36.4 Å². The van der Waals surface area contributed by atoms with Gasteiger partial charge in [0, 0.05) is 10.0 Å². The van der Waals surface area contributed by atoms with E-state index in [1.165, 1.54) is 24.3 Å². The van der Waals surface area contributed by atoms with Crippen LogP contribution in [0.2, 0.25) is 20.1 Å². The molecule has 0 unspecified atom stereocenters.